The van der Waals surface area contributed by atoms with Gasteiger partial charge in [-0.2, -0.15) is 0 Å². The minimum absolute atomic E-state index is 1.14. The van der Waals surface area contributed by atoms with Crippen molar-refractivity contribution < 1.29 is 0 Å². The van der Waals surface area contributed by atoms with Crippen molar-refractivity contribution in [1.82, 2.24) is 13.7 Å². The van der Waals surface area contributed by atoms with Crippen LogP contribution >= 0.6 is 0 Å². The molecule has 3 nitrogen and oxygen atoms in total. The van der Waals surface area contributed by atoms with Gasteiger partial charge in [0.15, 0.2) is 0 Å². The van der Waals surface area contributed by atoms with Crippen molar-refractivity contribution in [2.75, 3.05) is 0 Å². The fourth-order valence-electron chi connectivity index (χ4n) is 10.1. The molecule has 0 unspecified atom stereocenters. The van der Waals surface area contributed by atoms with Gasteiger partial charge in [0, 0.05) is 49.1 Å². The first-order valence-electron chi connectivity index (χ1n) is 21.0. The van der Waals surface area contributed by atoms with Gasteiger partial charge in [0.1, 0.15) is 0 Å². The Morgan fingerprint density at radius 2 is 0.770 bits per heavy atom. The summed E-state index contributed by atoms with van der Waals surface area (Å²) in [6, 6.07) is 82.2. The average Bonchev–Trinajstić information content (AvgIpc) is 3.97. The molecular formula is C58H37N3. The smallest absolute Gasteiger partial charge is 0.0641 e. The summed E-state index contributed by atoms with van der Waals surface area (Å²) >= 11 is 0. The van der Waals surface area contributed by atoms with Gasteiger partial charge in [-0.25, -0.2) is 0 Å². The van der Waals surface area contributed by atoms with Crippen LogP contribution in [0.15, 0.2) is 224 Å². The highest BCUT2D eigenvalue weighted by molar-refractivity contribution is 6.26. The molecule has 0 radical (unpaired) electrons. The fourth-order valence-corrected chi connectivity index (χ4v) is 10.1. The molecule has 0 aliphatic carbocycles. The van der Waals surface area contributed by atoms with Crippen molar-refractivity contribution in [3.63, 3.8) is 0 Å². The standard InChI is InChI=1S/C58H37N3/c1-3-15-38(16-4-1)40-19-13-22-44(35-40)59-55-33-30-42(37-50(55)57-56(59)34-31-48-46-24-9-11-26-52(46)60(58(48)57)43-20-5-2-6-21-43)41-29-32-54-49(36-41)47-25-10-12-27-53(47)61(54)51-28-14-18-39-17-7-8-23-45(39)51/h1-37H. The molecule has 0 spiro atoms. The summed E-state index contributed by atoms with van der Waals surface area (Å²) < 4.78 is 7.38. The van der Waals surface area contributed by atoms with Crippen molar-refractivity contribution in [1.29, 1.82) is 0 Å². The minimum atomic E-state index is 1.14. The Hall–Kier alpha value is -8.14. The highest BCUT2D eigenvalue weighted by atomic mass is 15.0. The van der Waals surface area contributed by atoms with Crippen LogP contribution in [0.5, 0.6) is 0 Å². The van der Waals surface area contributed by atoms with E-state index in [4.69, 9.17) is 0 Å². The summed E-state index contributed by atoms with van der Waals surface area (Å²) in [5.74, 6) is 0. The first kappa shape index (κ1) is 33.8. The van der Waals surface area contributed by atoms with E-state index in [2.05, 4.69) is 238 Å². The second kappa shape index (κ2) is 13.2. The number of nitrogens with zero attached hydrogens (tertiary/aromatic N) is 3. The van der Waals surface area contributed by atoms with E-state index in [0.29, 0.717) is 0 Å². The van der Waals surface area contributed by atoms with Crippen LogP contribution in [-0.2, 0) is 0 Å². The maximum atomic E-state index is 2.47. The molecule has 0 aliphatic rings. The third-order valence-electron chi connectivity index (χ3n) is 12.8. The largest absolute Gasteiger partial charge is 0.309 e. The van der Waals surface area contributed by atoms with Gasteiger partial charge < -0.3 is 13.7 Å². The maximum absolute atomic E-state index is 2.47. The topological polar surface area (TPSA) is 14.8 Å². The van der Waals surface area contributed by atoms with Crippen molar-refractivity contribution in [2.24, 2.45) is 0 Å². The fraction of sp³-hybridized carbons (Fsp3) is 0. The highest BCUT2D eigenvalue weighted by Gasteiger charge is 2.22. The lowest BCUT2D eigenvalue weighted by molar-refractivity contribution is 1.17. The summed E-state index contributed by atoms with van der Waals surface area (Å²) in [7, 11) is 0. The molecule has 0 atom stereocenters. The predicted molar refractivity (Wildman–Crippen MR) is 258 cm³/mol. The predicted octanol–water partition coefficient (Wildman–Crippen LogP) is 15.5. The monoisotopic (exact) mass is 775 g/mol. The van der Waals surface area contributed by atoms with Crippen LogP contribution in [0.2, 0.25) is 0 Å². The molecule has 0 fully saturated rings. The first-order chi connectivity index (χ1) is 30.3. The normalized spacial score (nSPS) is 11.9. The van der Waals surface area contributed by atoms with E-state index in [1.165, 1.54) is 104 Å². The van der Waals surface area contributed by atoms with E-state index in [1.807, 2.05) is 0 Å². The third-order valence-corrected chi connectivity index (χ3v) is 12.8. The molecule has 0 bridgehead atoms. The molecule has 10 aromatic carbocycles. The van der Waals surface area contributed by atoms with Gasteiger partial charge in [0.2, 0.25) is 0 Å². The lowest BCUT2D eigenvalue weighted by Crippen LogP contribution is -1.95. The number of hydrogen-bond donors (Lipinski definition) is 0. The molecule has 3 heteroatoms. The second-order valence-corrected chi connectivity index (χ2v) is 16.1. The molecule has 3 heterocycles. The lowest BCUT2D eigenvalue weighted by Gasteiger charge is -2.12. The molecule has 0 N–H and O–H groups in total. The van der Waals surface area contributed by atoms with Crippen LogP contribution in [0.3, 0.4) is 0 Å². The van der Waals surface area contributed by atoms with Crippen LogP contribution in [0, 0.1) is 0 Å². The Bertz CT molecular complexity index is 3860. The van der Waals surface area contributed by atoms with Crippen LogP contribution in [0.1, 0.15) is 0 Å². The average molecular weight is 776 g/mol. The van der Waals surface area contributed by atoms with Gasteiger partial charge in [0.25, 0.3) is 0 Å². The Kier molecular flexibility index (Phi) is 7.31. The summed E-state index contributed by atoms with van der Waals surface area (Å²) in [6.45, 7) is 0. The lowest BCUT2D eigenvalue weighted by atomic mass is 10.00. The molecule has 0 saturated heterocycles. The zero-order chi connectivity index (χ0) is 40.0. The molecule has 0 aliphatic heterocycles. The van der Waals surface area contributed by atoms with Gasteiger partial charge in [-0.3, -0.25) is 0 Å². The zero-order valence-electron chi connectivity index (χ0n) is 33.2. The second-order valence-electron chi connectivity index (χ2n) is 16.1. The van der Waals surface area contributed by atoms with Crippen molar-refractivity contribution in [3.05, 3.63) is 224 Å². The van der Waals surface area contributed by atoms with E-state index in [9.17, 15) is 0 Å². The van der Waals surface area contributed by atoms with Gasteiger partial charge in [-0.15, -0.1) is 0 Å². The number of benzene rings is 10. The Labute approximate surface area is 352 Å². The zero-order valence-corrected chi connectivity index (χ0v) is 33.2. The van der Waals surface area contributed by atoms with E-state index in [0.717, 1.165) is 11.4 Å². The van der Waals surface area contributed by atoms with E-state index in [1.54, 1.807) is 0 Å². The van der Waals surface area contributed by atoms with Crippen LogP contribution in [-0.4, -0.2) is 13.7 Å². The molecule has 0 saturated carbocycles. The van der Waals surface area contributed by atoms with E-state index >= 15 is 0 Å². The van der Waals surface area contributed by atoms with Crippen molar-refractivity contribution >= 4 is 76.2 Å². The molecule has 13 aromatic rings. The van der Waals surface area contributed by atoms with Gasteiger partial charge in [0.05, 0.1) is 38.8 Å². The summed E-state index contributed by atoms with van der Waals surface area (Å²) in [5.41, 5.74) is 15.4. The molecule has 13 rings (SSSR count). The Morgan fingerprint density at radius 1 is 0.246 bits per heavy atom. The number of para-hydroxylation sites is 3. The summed E-state index contributed by atoms with van der Waals surface area (Å²) in [6.07, 6.45) is 0. The number of hydrogen-bond acceptors (Lipinski definition) is 0. The molecule has 284 valence electrons. The van der Waals surface area contributed by atoms with Crippen molar-refractivity contribution in [3.8, 4) is 39.3 Å². The first-order valence-corrected chi connectivity index (χ1v) is 21.0. The number of aromatic nitrogens is 3. The highest BCUT2D eigenvalue weighted by Crippen LogP contribution is 2.44. The molecule has 0 amide bonds. The van der Waals surface area contributed by atoms with E-state index in [-0.39, 0.29) is 0 Å². The quantitative estimate of drug-likeness (QED) is 0.165. The van der Waals surface area contributed by atoms with Gasteiger partial charge in [-0.1, -0.05) is 152 Å². The minimum Gasteiger partial charge on any atom is -0.309 e. The molecule has 3 aromatic heterocycles. The maximum Gasteiger partial charge on any atom is 0.0641 e. The van der Waals surface area contributed by atoms with Crippen LogP contribution < -0.4 is 0 Å². The van der Waals surface area contributed by atoms with Crippen LogP contribution in [0.4, 0.5) is 0 Å². The van der Waals surface area contributed by atoms with E-state index < -0.39 is 0 Å². The summed E-state index contributed by atoms with van der Waals surface area (Å²) in [4.78, 5) is 0. The third kappa shape index (κ3) is 5.04. The van der Waals surface area contributed by atoms with Crippen molar-refractivity contribution in [2.45, 2.75) is 0 Å². The number of rotatable bonds is 5. The van der Waals surface area contributed by atoms with Gasteiger partial charge in [-0.05, 0) is 100 Å². The SMILES string of the molecule is c1ccc(-c2cccc(-n3c4ccc(-c5ccc6c(c5)c5ccccc5n6-c5cccc6ccccc56)cc4c4c3ccc3c5ccccc5n(-c5ccccc5)c34)c2)cc1. The van der Waals surface area contributed by atoms with Gasteiger partial charge >= 0.3 is 0 Å². The van der Waals surface area contributed by atoms with Crippen LogP contribution in [0.25, 0.3) is 116 Å². The Balaban J connectivity index is 1.10. The molecular weight excluding hydrogens is 739 g/mol. The summed E-state index contributed by atoms with van der Waals surface area (Å²) in [5, 5.41) is 9.94. The number of fused-ring (bicyclic) bond motifs is 11. The molecule has 61 heavy (non-hydrogen) atoms. The Morgan fingerprint density at radius 3 is 1.56 bits per heavy atom.